The Kier molecular flexibility index (Phi) is 6.19. The molecule has 1 aliphatic heterocycles. The number of anilines is 1. The van der Waals surface area contributed by atoms with Crippen LogP contribution < -0.4 is 10.3 Å². The van der Waals surface area contributed by atoms with Crippen molar-refractivity contribution in [3.63, 3.8) is 0 Å². The number of halogens is 2. The van der Waals surface area contributed by atoms with Gasteiger partial charge in [-0.1, -0.05) is 29.3 Å². The van der Waals surface area contributed by atoms with E-state index < -0.39 is 0 Å². The van der Waals surface area contributed by atoms with Gasteiger partial charge in [-0.25, -0.2) is 0 Å². The van der Waals surface area contributed by atoms with Crippen molar-refractivity contribution in [2.75, 3.05) is 25.5 Å². The molecular formula is C26H25Cl2N5O. The van der Waals surface area contributed by atoms with E-state index in [4.69, 9.17) is 23.2 Å². The third-order valence-electron chi connectivity index (χ3n) is 6.22. The quantitative estimate of drug-likeness (QED) is 0.481. The Hall–Kier alpha value is -3.09. The molecule has 0 radical (unpaired) electrons. The van der Waals surface area contributed by atoms with Crippen molar-refractivity contribution >= 4 is 45.7 Å². The Morgan fingerprint density at radius 3 is 2.68 bits per heavy atom. The lowest BCUT2D eigenvalue weighted by molar-refractivity contribution is 0.0831. The number of aromatic nitrogens is 2. The van der Waals surface area contributed by atoms with Gasteiger partial charge in [0.2, 0.25) is 0 Å². The highest BCUT2D eigenvalue weighted by atomic mass is 35.5. The van der Waals surface area contributed by atoms with E-state index in [1.165, 1.54) is 5.57 Å². The molecule has 3 heterocycles. The molecule has 2 aliphatic rings. The van der Waals surface area contributed by atoms with Gasteiger partial charge in [0.1, 0.15) is 0 Å². The molecule has 0 unspecified atom stereocenters. The first-order chi connectivity index (χ1) is 16.4. The lowest BCUT2D eigenvalue weighted by Crippen LogP contribution is -2.44. The summed E-state index contributed by atoms with van der Waals surface area (Å²) in [5.41, 5.74) is 9.06. The lowest BCUT2D eigenvalue weighted by Gasteiger charge is -2.34. The zero-order valence-corrected chi connectivity index (χ0v) is 20.6. The summed E-state index contributed by atoms with van der Waals surface area (Å²) in [4.78, 5) is 24.7. The Balaban J connectivity index is 1.56. The Labute approximate surface area is 208 Å². The summed E-state index contributed by atoms with van der Waals surface area (Å²) in [5.74, 6) is -0.185. The summed E-state index contributed by atoms with van der Waals surface area (Å²) in [7, 11) is 3.85. The number of hydrogen-bond donors (Lipinski definition) is 1. The molecule has 6 nitrogen and oxygen atoms in total. The highest BCUT2D eigenvalue weighted by Crippen LogP contribution is 2.35. The maximum Gasteiger partial charge on any atom is 0.273 e. The van der Waals surface area contributed by atoms with Gasteiger partial charge in [0.25, 0.3) is 5.91 Å². The minimum Gasteiger partial charge on any atom is -0.376 e. The van der Waals surface area contributed by atoms with Crippen molar-refractivity contribution in [2.45, 2.75) is 25.7 Å². The third-order valence-corrected chi connectivity index (χ3v) is 6.66. The first kappa shape index (κ1) is 22.7. The molecule has 0 saturated heterocycles. The van der Waals surface area contributed by atoms with Crippen LogP contribution in [0.5, 0.6) is 0 Å². The fraction of sp³-hybridized carbons (Fsp3) is 0.269. The first-order valence-electron chi connectivity index (χ1n) is 11.3. The van der Waals surface area contributed by atoms with Crippen LogP contribution >= 0.6 is 23.2 Å². The average molecular weight is 494 g/mol. The Morgan fingerprint density at radius 2 is 1.91 bits per heavy atom. The summed E-state index contributed by atoms with van der Waals surface area (Å²) in [6.07, 6.45) is 11.9. The van der Waals surface area contributed by atoms with Crippen LogP contribution in [0.3, 0.4) is 0 Å². The van der Waals surface area contributed by atoms with Gasteiger partial charge >= 0.3 is 0 Å². The van der Waals surface area contributed by atoms with Crippen LogP contribution in [0, 0.1) is 0 Å². The van der Waals surface area contributed by atoms with Gasteiger partial charge in [-0.3, -0.25) is 25.2 Å². The molecule has 3 aromatic rings. The van der Waals surface area contributed by atoms with Gasteiger partial charge in [-0.2, -0.15) is 0 Å². The first-order valence-corrected chi connectivity index (χ1v) is 12.1. The normalized spacial score (nSPS) is 15.5. The zero-order chi connectivity index (χ0) is 23.8. The second kappa shape index (κ2) is 9.28. The molecule has 174 valence electrons. The Morgan fingerprint density at radius 1 is 1.12 bits per heavy atom. The molecule has 8 heteroatoms. The van der Waals surface area contributed by atoms with Crippen molar-refractivity contribution in [2.24, 2.45) is 0 Å². The molecule has 2 aromatic heterocycles. The minimum atomic E-state index is -0.185. The highest BCUT2D eigenvalue weighted by Gasteiger charge is 2.25. The lowest BCUT2D eigenvalue weighted by atomic mass is 9.95. The van der Waals surface area contributed by atoms with Crippen LogP contribution in [0.4, 0.5) is 5.69 Å². The number of hydrogen-bond acceptors (Lipinski definition) is 5. The van der Waals surface area contributed by atoms with Gasteiger partial charge in [0.05, 0.1) is 28.2 Å². The van der Waals surface area contributed by atoms with Crippen molar-refractivity contribution in [1.29, 1.82) is 0 Å². The minimum absolute atomic E-state index is 0.185. The van der Waals surface area contributed by atoms with E-state index in [9.17, 15) is 4.79 Å². The van der Waals surface area contributed by atoms with Crippen LogP contribution in [0.1, 0.15) is 36.0 Å². The average Bonchev–Trinajstić information content (AvgIpc) is 2.82. The van der Waals surface area contributed by atoms with Crippen molar-refractivity contribution in [1.82, 2.24) is 20.4 Å². The zero-order valence-electron chi connectivity index (χ0n) is 19.1. The van der Waals surface area contributed by atoms with Crippen LogP contribution in [-0.2, 0) is 0 Å². The van der Waals surface area contributed by atoms with E-state index in [2.05, 4.69) is 27.5 Å². The molecule has 5 rings (SSSR count). The topological polar surface area (TPSA) is 61.4 Å². The second-order valence-electron chi connectivity index (χ2n) is 8.75. The number of nitrogens with one attached hydrogen (secondary N) is 1. The van der Waals surface area contributed by atoms with Crippen molar-refractivity contribution < 1.29 is 4.79 Å². The standard InChI is InChI=1S/C26H25Cl2N5O/c1-32(2)25-20-9-10-29-23(17-12-18(27)14-19(28)13-17)24(20)30-15-21(25)26(34)31-33-11-5-7-16-6-3-4-8-22(16)33/h4,8-10,12-15H,3,5-7,11H2,1-2H3,(H,31,34). The molecule has 0 bridgehead atoms. The van der Waals surface area contributed by atoms with Crippen LogP contribution in [-0.4, -0.2) is 41.5 Å². The number of rotatable bonds is 4. The Bertz CT molecular complexity index is 1330. The second-order valence-corrected chi connectivity index (χ2v) is 9.63. The largest absolute Gasteiger partial charge is 0.376 e. The van der Waals surface area contributed by atoms with E-state index in [0.29, 0.717) is 26.8 Å². The molecule has 34 heavy (non-hydrogen) atoms. The van der Waals surface area contributed by atoms with E-state index in [0.717, 1.165) is 54.6 Å². The molecule has 1 aliphatic carbocycles. The summed E-state index contributed by atoms with van der Waals surface area (Å²) >= 11 is 12.5. The maximum atomic E-state index is 13.5. The van der Waals surface area contributed by atoms with Crippen molar-refractivity contribution in [3.8, 4) is 11.3 Å². The van der Waals surface area contributed by atoms with Crippen LogP contribution in [0.2, 0.25) is 10.0 Å². The van der Waals surface area contributed by atoms with Gasteiger partial charge in [0, 0.05) is 54.0 Å². The van der Waals surface area contributed by atoms with Gasteiger partial charge in [-0.15, -0.1) is 0 Å². The number of allylic oxidation sites excluding steroid dienone is 3. The van der Waals surface area contributed by atoms with Crippen LogP contribution in [0.15, 0.2) is 60.1 Å². The van der Waals surface area contributed by atoms with E-state index in [1.54, 1.807) is 18.5 Å². The molecule has 0 spiro atoms. The number of hydrazine groups is 1. The fourth-order valence-corrected chi connectivity index (χ4v) is 5.29. The summed E-state index contributed by atoms with van der Waals surface area (Å²) in [6.45, 7) is 0.789. The van der Waals surface area contributed by atoms with Crippen molar-refractivity contribution in [3.05, 3.63) is 75.7 Å². The third kappa shape index (κ3) is 4.24. The predicted molar refractivity (Wildman–Crippen MR) is 138 cm³/mol. The molecule has 1 aromatic carbocycles. The summed E-state index contributed by atoms with van der Waals surface area (Å²) in [6, 6.07) is 7.19. The van der Waals surface area contributed by atoms with E-state index >= 15 is 0 Å². The van der Waals surface area contributed by atoms with Gasteiger partial charge in [-0.05, 0) is 61.6 Å². The predicted octanol–water partition coefficient (Wildman–Crippen LogP) is 6.01. The fourth-order valence-electron chi connectivity index (χ4n) is 4.76. The molecular weight excluding hydrogens is 469 g/mol. The number of carbonyl (C=O) groups is 1. The van der Waals surface area contributed by atoms with Crippen LogP contribution in [0.25, 0.3) is 22.2 Å². The number of amides is 1. The SMILES string of the molecule is CN(C)c1c(C(=O)NN2CCCC3=C2C=CCC3)cnc2c(-c3cc(Cl)cc(Cl)c3)nccc12. The van der Waals surface area contributed by atoms with E-state index in [-0.39, 0.29) is 5.91 Å². The number of pyridine rings is 2. The molecule has 1 amide bonds. The molecule has 0 saturated carbocycles. The molecule has 0 fully saturated rings. The number of carbonyl (C=O) groups excluding carboxylic acids is 1. The number of fused-ring (bicyclic) bond motifs is 1. The number of nitrogens with zero attached hydrogens (tertiary/aromatic N) is 4. The number of benzene rings is 1. The summed E-state index contributed by atoms with van der Waals surface area (Å²) < 4.78 is 0. The molecule has 1 N–H and O–H groups in total. The van der Waals surface area contributed by atoms with E-state index in [1.807, 2.05) is 42.2 Å². The smallest absolute Gasteiger partial charge is 0.273 e. The maximum absolute atomic E-state index is 13.5. The summed E-state index contributed by atoms with van der Waals surface area (Å²) in [5, 5.41) is 3.86. The monoisotopic (exact) mass is 493 g/mol. The van der Waals surface area contributed by atoms with Gasteiger partial charge < -0.3 is 4.90 Å². The molecule has 0 atom stereocenters. The highest BCUT2D eigenvalue weighted by molar-refractivity contribution is 6.35. The van der Waals surface area contributed by atoms with Gasteiger partial charge in [0.15, 0.2) is 0 Å².